The van der Waals surface area contributed by atoms with Crippen LogP contribution in [0.15, 0.2) is 0 Å². The Bertz CT molecular complexity index is 370. The minimum Gasteiger partial charge on any atom is -0.463 e. The quantitative estimate of drug-likeness (QED) is 0.420. The number of hydrogen-bond donors (Lipinski definition) is 0. The molecule has 0 aliphatic carbocycles. The van der Waals surface area contributed by atoms with Crippen LogP contribution in [0.1, 0.15) is 20.8 Å². The van der Waals surface area contributed by atoms with Gasteiger partial charge in [-0.1, -0.05) is 11.6 Å². The van der Waals surface area contributed by atoms with Crippen LogP contribution in [0.5, 0.6) is 0 Å². The molecule has 4 atom stereocenters. The predicted octanol–water partition coefficient (Wildman–Crippen LogP) is 0.377. The average molecular weight is 295 g/mol. The highest BCUT2D eigenvalue weighted by molar-refractivity contribution is 6.20. The summed E-state index contributed by atoms with van der Waals surface area (Å²) in [6.07, 6.45) is -2.63. The van der Waals surface area contributed by atoms with Gasteiger partial charge in [0, 0.05) is 20.8 Å². The normalized spacial score (nSPS) is 29.7. The number of halogens is 1. The zero-order chi connectivity index (χ0) is 14.6. The molecule has 0 aromatic rings. The van der Waals surface area contributed by atoms with E-state index in [0.717, 1.165) is 0 Å². The van der Waals surface area contributed by atoms with Crippen molar-refractivity contribution in [1.82, 2.24) is 0 Å². The summed E-state index contributed by atoms with van der Waals surface area (Å²) in [6, 6.07) is 0. The number of carbonyl (C=O) groups excluding carboxylic acids is 3. The summed E-state index contributed by atoms with van der Waals surface area (Å²) in [4.78, 5) is 32.8. The molecule has 1 aliphatic rings. The maximum Gasteiger partial charge on any atom is 0.303 e. The molecule has 19 heavy (non-hydrogen) atoms. The molecule has 0 N–H and O–H groups in total. The van der Waals surface area contributed by atoms with Crippen molar-refractivity contribution in [3.63, 3.8) is 0 Å². The lowest BCUT2D eigenvalue weighted by Gasteiger charge is -2.22. The second-order valence-electron chi connectivity index (χ2n) is 3.98. The van der Waals surface area contributed by atoms with Gasteiger partial charge in [-0.25, -0.2) is 0 Å². The highest BCUT2D eigenvalue weighted by Gasteiger charge is 2.48. The third-order valence-electron chi connectivity index (χ3n) is 2.31. The fourth-order valence-corrected chi connectivity index (χ4v) is 1.99. The Morgan fingerprint density at radius 1 is 1.00 bits per heavy atom. The Kier molecular flexibility index (Phi) is 5.56. The van der Waals surface area contributed by atoms with E-state index in [9.17, 15) is 14.4 Å². The van der Waals surface area contributed by atoms with Gasteiger partial charge in [0.25, 0.3) is 0 Å². The smallest absolute Gasteiger partial charge is 0.303 e. The van der Waals surface area contributed by atoms with E-state index in [1.807, 2.05) is 0 Å². The highest BCUT2D eigenvalue weighted by Crippen LogP contribution is 2.29. The van der Waals surface area contributed by atoms with Gasteiger partial charge >= 0.3 is 17.9 Å². The lowest BCUT2D eigenvalue weighted by Crippen LogP contribution is -2.40. The highest BCUT2D eigenvalue weighted by atomic mass is 35.5. The number of rotatable bonds is 4. The molecule has 1 fully saturated rings. The van der Waals surface area contributed by atoms with Gasteiger partial charge in [0.05, 0.1) is 0 Å². The zero-order valence-electron chi connectivity index (χ0n) is 10.8. The van der Waals surface area contributed by atoms with E-state index in [1.54, 1.807) is 0 Å². The van der Waals surface area contributed by atoms with Crippen LogP contribution in [0.4, 0.5) is 0 Å². The first-order chi connectivity index (χ1) is 8.81. The van der Waals surface area contributed by atoms with Crippen molar-refractivity contribution in [2.75, 3.05) is 6.61 Å². The SMILES string of the molecule is CC(=O)OC[C@H]1O[C@H](Cl)[C@@H](OC(C)=O)[C@H]1OC(C)=O. The van der Waals surface area contributed by atoms with Gasteiger partial charge < -0.3 is 18.9 Å². The van der Waals surface area contributed by atoms with E-state index in [-0.39, 0.29) is 6.61 Å². The van der Waals surface area contributed by atoms with E-state index in [0.29, 0.717) is 0 Å². The molecule has 0 bridgehead atoms. The molecule has 0 amide bonds. The molecule has 0 aromatic heterocycles. The minimum absolute atomic E-state index is 0.145. The molecule has 1 rings (SSSR count). The number of hydrogen-bond acceptors (Lipinski definition) is 7. The first-order valence-electron chi connectivity index (χ1n) is 5.58. The summed E-state index contributed by atoms with van der Waals surface area (Å²) >= 11 is 5.88. The van der Waals surface area contributed by atoms with Crippen molar-refractivity contribution in [2.45, 2.75) is 44.6 Å². The Hall–Kier alpha value is -1.34. The second kappa shape index (κ2) is 6.72. The van der Waals surface area contributed by atoms with Crippen LogP contribution >= 0.6 is 11.6 Å². The number of ether oxygens (including phenoxy) is 4. The van der Waals surface area contributed by atoms with Crippen LogP contribution in [-0.4, -0.2) is 48.4 Å². The molecule has 1 saturated heterocycles. The maximum atomic E-state index is 11.1. The second-order valence-corrected chi connectivity index (χ2v) is 4.41. The Labute approximate surface area is 115 Å². The molecule has 0 radical (unpaired) electrons. The van der Waals surface area contributed by atoms with Crippen molar-refractivity contribution in [1.29, 1.82) is 0 Å². The molecule has 0 unspecified atom stereocenters. The van der Waals surface area contributed by atoms with Gasteiger partial charge in [0.15, 0.2) is 17.8 Å². The molecule has 8 heteroatoms. The fourth-order valence-electron chi connectivity index (χ4n) is 1.66. The lowest BCUT2D eigenvalue weighted by molar-refractivity contribution is -0.165. The summed E-state index contributed by atoms with van der Waals surface area (Å²) < 4.78 is 20.0. The third-order valence-corrected chi connectivity index (χ3v) is 2.66. The Morgan fingerprint density at radius 3 is 2.00 bits per heavy atom. The van der Waals surface area contributed by atoms with Crippen molar-refractivity contribution >= 4 is 29.5 Å². The molecule has 108 valence electrons. The minimum atomic E-state index is -0.978. The van der Waals surface area contributed by atoms with Crippen LogP contribution in [0.2, 0.25) is 0 Å². The molecule has 1 heterocycles. The molecular weight excluding hydrogens is 280 g/mol. The van der Waals surface area contributed by atoms with E-state index >= 15 is 0 Å². The van der Waals surface area contributed by atoms with Crippen LogP contribution in [0.25, 0.3) is 0 Å². The van der Waals surface area contributed by atoms with Gasteiger partial charge in [0.2, 0.25) is 0 Å². The maximum absolute atomic E-state index is 11.1. The third kappa shape index (κ3) is 4.68. The fraction of sp³-hybridized carbons (Fsp3) is 0.727. The predicted molar refractivity (Wildman–Crippen MR) is 62.3 cm³/mol. The van der Waals surface area contributed by atoms with E-state index in [2.05, 4.69) is 0 Å². The van der Waals surface area contributed by atoms with Crippen LogP contribution in [-0.2, 0) is 33.3 Å². The topological polar surface area (TPSA) is 88.1 Å². The van der Waals surface area contributed by atoms with Gasteiger partial charge in [-0.05, 0) is 0 Å². The van der Waals surface area contributed by atoms with E-state index < -0.39 is 41.8 Å². The van der Waals surface area contributed by atoms with Gasteiger partial charge in [0.1, 0.15) is 12.7 Å². The van der Waals surface area contributed by atoms with Crippen LogP contribution < -0.4 is 0 Å². The number of carbonyl (C=O) groups is 3. The molecule has 7 nitrogen and oxygen atoms in total. The number of alkyl halides is 1. The summed E-state index contributed by atoms with van der Waals surface area (Å²) in [7, 11) is 0. The average Bonchev–Trinajstić information content (AvgIpc) is 2.53. The van der Waals surface area contributed by atoms with Crippen molar-refractivity contribution in [3.05, 3.63) is 0 Å². The van der Waals surface area contributed by atoms with Crippen molar-refractivity contribution in [3.8, 4) is 0 Å². The van der Waals surface area contributed by atoms with Crippen LogP contribution in [0.3, 0.4) is 0 Å². The summed E-state index contributed by atoms with van der Waals surface area (Å²) in [6.45, 7) is 3.49. The molecule has 0 saturated carbocycles. The summed E-state index contributed by atoms with van der Waals surface area (Å²) in [5, 5.41) is 0. The number of esters is 3. The van der Waals surface area contributed by atoms with Crippen molar-refractivity contribution < 1.29 is 33.3 Å². The molecule has 1 aliphatic heterocycles. The zero-order valence-corrected chi connectivity index (χ0v) is 11.5. The summed E-state index contributed by atoms with van der Waals surface area (Å²) in [5.74, 6) is -1.67. The first-order valence-corrected chi connectivity index (χ1v) is 6.02. The Balaban J connectivity index is 2.76. The van der Waals surface area contributed by atoms with Gasteiger partial charge in [-0.2, -0.15) is 0 Å². The first kappa shape index (κ1) is 15.7. The summed E-state index contributed by atoms with van der Waals surface area (Å²) in [5.41, 5.74) is -0.978. The van der Waals surface area contributed by atoms with Crippen LogP contribution in [0, 0.1) is 0 Å². The monoisotopic (exact) mass is 294 g/mol. The standard InChI is InChI=1S/C11H15ClO7/c1-5(13)16-4-8-9(17-6(2)14)10(11(12)19-8)18-7(3)15/h8-11H,4H2,1-3H3/t8-,9+,10+,11+/m1/s1. The molecular formula is C11H15ClO7. The molecule has 0 spiro atoms. The van der Waals surface area contributed by atoms with Gasteiger partial charge in [-0.15, -0.1) is 0 Å². The largest absolute Gasteiger partial charge is 0.463 e. The van der Waals surface area contributed by atoms with Crippen molar-refractivity contribution in [2.24, 2.45) is 0 Å². The lowest BCUT2D eigenvalue weighted by atomic mass is 10.1. The Morgan fingerprint density at radius 2 is 1.53 bits per heavy atom. The van der Waals surface area contributed by atoms with E-state index in [4.69, 9.17) is 30.5 Å². The van der Waals surface area contributed by atoms with E-state index in [1.165, 1.54) is 20.8 Å². The molecule has 0 aromatic carbocycles. The van der Waals surface area contributed by atoms with Gasteiger partial charge in [-0.3, -0.25) is 14.4 Å².